The van der Waals surface area contributed by atoms with Crippen LogP contribution >= 0.6 is 0 Å². The van der Waals surface area contributed by atoms with E-state index < -0.39 is 6.61 Å². The van der Waals surface area contributed by atoms with Crippen molar-refractivity contribution in [3.05, 3.63) is 35.5 Å². The molecular formula is C15H16F2N4O2. The van der Waals surface area contributed by atoms with E-state index in [1.165, 1.54) is 12.1 Å². The minimum Gasteiger partial charge on any atom is -0.435 e. The number of nitrogens with one attached hydrogen (secondary N) is 1. The van der Waals surface area contributed by atoms with Crippen molar-refractivity contribution < 1.29 is 18.3 Å². The second-order valence-corrected chi connectivity index (χ2v) is 5.53. The zero-order valence-corrected chi connectivity index (χ0v) is 12.7. The molecule has 3 rings (SSSR count). The SMILES string of the molecule is Cc1c(NC(=O)[C@@H]2C[C@H]2c2ccc(OC(F)F)cc2)nnn1C. The van der Waals surface area contributed by atoms with Gasteiger partial charge < -0.3 is 10.1 Å². The van der Waals surface area contributed by atoms with Gasteiger partial charge in [0.05, 0.1) is 5.69 Å². The summed E-state index contributed by atoms with van der Waals surface area (Å²) in [5.74, 6) is 0.418. The molecule has 1 amide bonds. The van der Waals surface area contributed by atoms with Crippen LogP contribution in [0.2, 0.25) is 0 Å². The van der Waals surface area contributed by atoms with Gasteiger partial charge in [-0.15, -0.1) is 5.10 Å². The highest BCUT2D eigenvalue weighted by Gasteiger charge is 2.44. The predicted octanol–water partition coefficient (Wildman–Crippen LogP) is 2.47. The topological polar surface area (TPSA) is 69.0 Å². The lowest BCUT2D eigenvalue weighted by molar-refractivity contribution is -0.117. The summed E-state index contributed by atoms with van der Waals surface area (Å²) in [6.07, 6.45) is 0.722. The lowest BCUT2D eigenvalue weighted by atomic mass is 10.1. The van der Waals surface area contributed by atoms with E-state index in [4.69, 9.17) is 0 Å². The van der Waals surface area contributed by atoms with Crippen LogP contribution in [0.15, 0.2) is 24.3 Å². The van der Waals surface area contributed by atoms with Crippen LogP contribution in [-0.4, -0.2) is 27.5 Å². The van der Waals surface area contributed by atoms with Crippen LogP contribution in [0.3, 0.4) is 0 Å². The Kier molecular flexibility index (Phi) is 3.97. The van der Waals surface area contributed by atoms with Gasteiger partial charge in [0.25, 0.3) is 0 Å². The van der Waals surface area contributed by atoms with Gasteiger partial charge in [-0.3, -0.25) is 9.48 Å². The minimum atomic E-state index is -2.84. The van der Waals surface area contributed by atoms with Gasteiger partial charge in [-0.25, -0.2) is 0 Å². The lowest BCUT2D eigenvalue weighted by Crippen LogP contribution is -2.15. The Morgan fingerprint density at radius 1 is 1.39 bits per heavy atom. The van der Waals surface area contributed by atoms with Crippen LogP contribution in [0.5, 0.6) is 5.75 Å². The molecule has 8 heteroatoms. The molecule has 0 unspecified atom stereocenters. The van der Waals surface area contributed by atoms with Gasteiger partial charge in [0, 0.05) is 13.0 Å². The van der Waals surface area contributed by atoms with Gasteiger partial charge in [-0.05, 0) is 37.0 Å². The summed E-state index contributed by atoms with van der Waals surface area (Å²) in [5.41, 5.74) is 1.71. The molecule has 0 bridgehead atoms. The Balaban J connectivity index is 1.60. The Morgan fingerprint density at radius 2 is 2.09 bits per heavy atom. The number of halogens is 2. The van der Waals surface area contributed by atoms with Gasteiger partial charge in [0.2, 0.25) is 5.91 Å². The number of aromatic nitrogens is 3. The molecule has 6 nitrogen and oxygen atoms in total. The first-order chi connectivity index (χ1) is 11.0. The second-order valence-electron chi connectivity index (χ2n) is 5.53. The Morgan fingerprint density at radius 3 is 2.65 bits per heavy atom. The van der Waals surface area contributed by atoms with Crippen LogP contribution in [-0.2, 0) is 11.8 Å². The predicted molar refractivity (Wildman–Crippen MR) is 78.3 cm³/mol. The summed E-state index contributed by atoms with van der Waals surface area (Å²) in [4.78, 5) is 12.2. The van der Waals surface area contributed by atoms with Crippen molar-refractivity contribution in [3.8, 4) is 5.75 Å². The molecule has 0 aliphatic heterocycles. The van der Waals surface area contributed by atoms with E-state index in [0.717, 1.165) is 17.7 Å². The summed E-state index contributed by atoms with van der Waals surface area (Å²) in [5, 5.41) is 10.5. The summed E-state index contributed by atoms with van der Waals surface area (Å²) in [6.45, 7) is -1.02. The van der Waals surface area contributed by atoms with Gasteiger partial charge in [0.1, 0.15) is 5.75 Å². The molecule has 1 saturated carbocycles. The fraction of sp³-hybridized carbons (Fsp3) is 0.400. The van der Waals surface area contributed by atoms with E-state index in [9.17, 15) is 13.6 Å². The molecule has 23 heavy (non-hydrogen) atoms. The number of rotatable bonds is 5. The highest BCUT2D eigenvalue weighted by molar-refractivity contribution is 5.94. The minimum absolute atomic E-state index is 0.0903. The molecule has 1 aliphatic rings. The third-order valence-electron chi connectivity index (χ3n) is 4.01. The van der Waals surface area contributed by atoms with E-state index in [0.29, 0.717) is 5.82 Å². The van der Waals surface area contributed by atoms with Gasteiger partial charge in [-0.2, -0.15) is 8.78 Å². The number of amides is 1. The van der Waals surface area contributed by atoms with Crippen molar-refractivity contribution >= 4 is 11.7 Å². The number of carbonyl (C=O) groups excluding carboxylic acids is 1. The molecule has 0 spiro atoms. The zero-order chi connectivity index (χ0) is 16.6. The highest BCUT2D eigenvalue weighted by atomic mass is 19.3. The summed E-state index contributed by atoms with van der Waals surface area (Å²) in [6, 6.07) is 6.40. The molecule has 1 fully saturated rings. The third-order valence-corrected chi connectivity index (χ3v) is 4.01. The summed E-state index contributed by atoms with van der Waals surface area (Å²) in [7, 11) is 1.75. The van der Waals surface area contributed by atoms with Crippen LogP contribution in [0.25, 0.3) is 0 Å². The zero-order valence-electron chi connectivity index (χ0n) is 12.7. The molecule has 0 saturated heterocycles. The number of alkyl halides is 2. The number of nitrogens with zero attached hydrogens (tertiary/aromatic N) is 3. The van der Waals surface area contributed by atoms with Crippen LogP contribution in [0.1, 0.15) is 23.6 Å². The fourth-order valence-corrected chi connectivity index (χ4v) is 2.48. The molecule has 122 valence electrons. The molecular weight excluding hydrogens is 306 g/mol. The molecule has 1 aromatic heterocycles. The van der Waals surface area contributed by atoms with Crippen molar-refractivity contribution in [2.75, 3.05) is 5.32 Å². The molecule has 1 aliphatic carbocycles. The molecule has 1 N–H and O–H groups in total. The number of aryl methyl sites for hydroxylation is 1. The van der Waals surface area contributed by atoms with Crippen LogP contribution < -0.4 is 10.1 Å². The maximum absolute atomic E-state index is 12.2. The number of anilines is 1. The van der Waals surface area contributed by atoms with Crippen molar-refractivity contribution in [1.29, 1.82) is 0 Å². The molecule has 1 heterocycles. The van der Waals surface area contributed by atoms with Gasteiger partial charge in [-0.1, -0.05) is 17.3 Å². The number of hydrogen-bond donors (Lipinski definition) is 1. The maximum atomic E-state index is 12.2. The van der Waals surface area contributed by atoms with E-state index >= 15 is 0 Å². The van der Waals surface area contributed by atoms with Crippen molar-refractivity contribution in [2.24, 2.45) is 13.0 Å². The highest BCUT2D eigenvalue weighted by Crippen LogP contribution is 2.48. The summed E-state index contributed by atoms with van der Waals surface area (Å²) >= 11 is 0. The first-order valence-electron chi connectivity index (χ1n) is 7.17. The average Bonchev–Trinajstić information content (AvgIpc) is 3.25. The maximum Gasteiger partial charge on any atom is 0.387 e. The normalized spacial score (nSPS) is 19.7. The lowest BCUT2D eigenvalue weighted by Gasteiger charge is -2.06. The number of hydrogen-bond acceptors (Lipinski definition) is 4. The first-order valence-corrected chi connectivity index (χ1v) is 7.17. The molecule has 1 aromatic carbocycles. The Bertz CT molecular complexity index is 715. The quantitative estimate of drug-likeness (QED) is 0.918. The molecule has 0 radical (unpaired) electrons. The van der Waals surface area contributed by atoms with Crippen molar-refractivity contribution in [2.45, 2.75) is 25.9 Å². The molecule has 2 aromatic rings. The van der Waals surface area contributed by atoms with E-state index in [2.05, 4.69) is 20.4 Å². The fourth-order valence-electron chi connectivity index (χ4n) is 2.48. The smallest absolute Gasteiger partial charge is 0.387 e. The van der Waals surface area contributed by atoms with Gasteiger partial charge in [0.15, 0.2) is 5.82 Å². The third kappa shape index (κ3) is 3.30. The van der Waals surface area contributed by atoms with Crippen LogP contribution in [0, 0.1) is 12.8 Å². The Labute approximate surface area is 131 Å². The number of carbonyl (C=O) groups is 1. The van der Waals surface area contributed by atoms with E-state index in [1.807, 2.05) is 6.92 Å². The first kappa shape index (κ1) is 15.4. The second kappa shape index (κ2) is 5.94. The van der Waals surface area contributed by atoms with Gasteiger partial charge >= 0.3 is 6.61 Å². The van der Waals surface area contributed by atoms with E-state index in [-0.39, 0.29) is 23.5 Å². The number of benzene rings is 1. The average molecular weight is 322 g/mol. The van der Waals surface area contributed by atoms with E-state index in [1.54, 1.807) is 23.9 Å². The van der Waals surface area contributed by atoms with Crippen molar-refractivity contribution in [3.63, 3.8) is 0 Å². The number of ether oxygens (including phenoxy) is 1. The summed E-state index contributed by atoms with van der Waals surface area (Å²) < 4.78 is 30.1. The van der Waals surface area contributed by atoms with Crippen LogP contribution in [0.4, 0.5) is 14.6 Å². The Hall–Kier alpha value is -2.51. The largest absolute Gasteiger partial charge is 0.435 e. The standard InChI is InChI=1S/C15H16F2N4O2/c1-8-13(19-20-21(8)2)18-14(22)12-7-11(12)9-3-5-10(6-4-9)23-15(16)17/h3-6,11-12,15H,7H2,1-2H3,(H,18,22)/t11-,12+/m0/s1. The van der Waals surface area contributed by atoms with Crippen molar-refractivity contribution in [1.82, 2.24) is 15.0 Å². The monoisotopic (exact) mass is 322 g/mol. The molecule has 2 atom stereocenters.